The summed E-state index contributed by atoms with van der Waals surface area (Å²) in [6.07, 6.45) is 0.505. The van der Waals surface area contributed by atoms with Crippen molar-refractivity contribution in [2.24, 2.45) is 5.92 Å². The fourth-order valence-corrected chi connectivity index (χ4v) is 4.24. The summed E-state index contributed by atoms with van der Waals surface area (Å²) in [4.78, 5) is 29.0. The first-order valence-corrected chi connectivity index (χ1v) is 12.1. The van der Waals surface area contributed by atoms with Crippen LogP contribution in [0.5, 0.6) is 5.75 Å². The van der Waals surface area contributed by atoms with E-state index in [9.17, 15) is 9.59 Å². The van der Waals surface area contributed by atoms with Gasteiger partial charge in [-0.05, 0) is 30.2 Å². The van der Waals surface area contributed by atoms with E-state index in [1.54, 1.807) is 11.6 Å². The third-order valence-electron chi connectivity index (χ3n) is 6.35. The molecule has 4 rings (SSSR count). The maximum atomic E-state index is 12.5. The lowest BCUT2D eigenvalue weighted by Gasteiger charge is -2.36. The van der Waals surface area contributed by atoms with E-state index >= 15 is 0 Å². The van der Waals surface area contributed by atoms with Gasteiger partial charge in [-0.3, -0.25) is 4.79 Å². The van der Waals surface area contributed by atoms with E-state index in [2.05, 4.69) is 31.4 Å². The van der Waals surface area contributed by atoms with E-state index < -0.39 is 12.0 Å². The van der Waals surface area contributed by atoms with Crippen molar-refractivity contribution in [3.63, 3.8) is 0 Å². The Bertz CT molecular complexity index is 1200. The van der Waals surface area contributed by atoms with E-state index in [0.29, 0.717) is 17.9 Å². The number of nitrogens with zero attached hydrogens (tertiary/aromatic N) is 6. The lowest BCUT2D eigenvalue weighted by molar-refractivity contribution is -0.146. The van der Waals surface area contributed by atoms with Gasteiger partial charge < -0.3 is 24.6 Å². The second kappa shape index (κ2) is 11.2. The van der Waals surface area contributed by atoms with Crippen molar-refractivity contribution < 1.29 is 19.1 Å². The van der Waals surface area contributed by atoms with Crippen LogP contribution in [-0.4, -0.2) is 78.1 Å². The van der Waals surface area contributed by atoms with Crippen LogP contribution in [-0.2, 0) is 20.7 Å². The quantitative estimate of drug-likeness (QED) is 0.443. The molecule has 0 spiro atoms. The molecule has 11 heteroatoms. The molecule has 1 unspecified atom stereocenters. The first-order chi connectivity index (χ1) is 17.4. The molecule has 0 bridgehead atoms. The van der Waals surface area contributed by atoms with E-state index in [4.69, 9.17) is 14.6 Å². The third kappa shape index (κ3) is 5.67. The van der Waals surface area contributed by atoms with Gasteiger partial charge in [-0.2, -0.15) is 4.52 Å². The highest BCUT2D eigenvalue weighted by atomic mass is 16.5. The lowest BCUT2D eigenvalue weighted by atomic mass is 10.0. The molecule has 2 aromatic heterocycles. The van der Waals surface area contributed by atoms with Crippen LogP contribution < -0.4 is 19.9 Å². The molecular weight excluding hydrogens is 462 g/mol. The Hall–Kier alpha value is -3.89. The van der Waals surface area contributed by atoms with Gasteiger partial charge in [0.1, 0.15) is 17.6 Å². The molecule has 0 radical (unpaired) electrons. The van der Waals surface area contributed by atoms with Gasteiger partial charge in [0.2, 0.25) is 5.91 Å². The Labute approximate surface area is 210 Å². The average molecular weight is 496 g/mol. The number of fused-ring (bicyclic) bond motifs is 1. The summed E-state index contributed by atoms with van der Waals surface area (Å²) in [5.74, 6) is 1.50. The molecule has 1 fully saturated rings. The van der Waals surface area contributed by atoms with Crippen LogP contribution >= 0.6 is 0 Å². The monoisotopic (exact) mass is 495 g/mol. The molecule has 1 aliphatic rings. The molecule has 36 heavy (non-hydrogen) atoms. The topological polar surface area (TPSA) is 114 Å². The Balaban J connectivity index is 1.39. The number of piperazine rings is 1. The Morgan fingerprint density at radius 3 is 2.47 bits per heavy atom. The molecule has 1 atom stereocenters. The highest BCUT2D eigenvalue weighted by Gasteiger charge is 2.25. The smallest absolute Gasteiger partial charge is 0.328 e. The van der Waals surface area contributed by atoms with Gasteiger partial charge in [0.05, 0.1) is 14.2 Å². The van der Waals surface area contributed by atoms with Crippen molar-refractivity contribution in [1.82, 2.24) is 25.1 Å². The highest BCUT2D eigenvalue weighted by Crippen LogP contribution is 2.23. The number of ether oxygens (including phenoxy) is 2. The second-order valence-electron chi connectivity index (χ2n) is 9.07. The molecule has 1 aliphatic heterocycles. The standard InChI is InChI=1S/C25H33N7O4/c1-17(2)24(25(34)36-4)26-23(33)11-10-21-28-27-20-8-9-22(29-32(20)21)31-14-12-30(13-15-31)18-6-5-7-19(16-18)35-3/h5-9,16-17,24H,10-15H2,1-4H3,(H,26,33). The van der Waals surface area contributed by atoms with Crippen LogP contribution in [0.3, 0.4) is 0 Å². The van der Waals surface area contributed by atoms with Gasteiger partial charge >= 0.3 is 5.97 Å². The number of carbonyl (C=O) groups excluding carboxylic acids is 2. The van der Waals surface area contributed by atoms with Gasteiger partial charge in [-0.1, -0.05) is 19.9 Å². The number of methoxy groups -OCH3 is 2. The fraction of sp³-hybridized carbons (Fsp3) is 0.480. The maximum Gasteiger partial charge on any atom is 0.328 e. The summed E-state index contributed by atoms with van der Waals surface area (Å²) in [5, 5.41) is 15.9. The highest BCUT2D eigenvalue weighted by molar-refractivity contribution is 5.84. The summed E-state index contributed by atoms with van der Waals surface area (Å²) < 4.78 is 11.8. The summed E-state index contributed by atoms with van der Waals surface area (Å²) >= 11 is 0. The Kier molecular flexibility index (Phi) is 7.87. The predicted octanol–water partition coefficient (Wildman–Crippen LogP) is 1.71. The first-order valence-electron chi connectivity index (χ1n) is 12.1. The average Bonchev–Trinajstić information content (AvgIpc) is 3.32. The minimum absolute atomic E-state index is 0.0797. The number of nitrogens with one attached hydrogen (secondary N) is 1. The second-order valence-corrected chi connectivity index (χ2v) is 9.07. The van der Waals surface area contributed by atoms with Gasteiger partial charge in [-0.15, -0.1) is 15.3 Å². The number of aromatic nitrogens is 4. The SMILES string of the molecule is COC(=O)C(NC(=O)CCc1nnc2ccc(N3CCN(c4cccc(OC)c4)CC3)nn12)C(C)C. The number of anilines is 2. The Morgan fingerprint density at radius 2 is 1.78 bits per heavy atom. The van der Waals surface area contributed by atoms with Crippen molar-refractivity contribution in [3.05, 3.63) is 42.2 Å². The Morgan fingerprint density at radius 1 is 1.03 bits per heavy atom. The molecule has 3 aromatic rings. The van der Waals surface area contributed by atoms with Crippen LogP contribution in [0.4, 0.5) is 11.5 Å². The summed E-state index contributed by atoms with van der Waals surface area (Å²) in [6.45, 7) is 7.07. The fourth-order valence-electron chi connectivity index (χ4n) is 4.24. The van der Waals surface area contributed by atoms with Crippen LogP contribution in [0.2, 0.25) is 0 Å². The van der Waals surface area contributed by atoms with E-state index in [1.807, 2.05) is 44.2 Å². The molecule has 192 valence electrons. The van der Waals surface area contributed by atoms with Gasteiger partial charge in [0, 0.05) is 50.8 Å². The van der Waals surface area contributed by atoms with E-state index in [-0.39, 0.29) is 18.2 Å². The zero-order chi connectivity index (χ0) is 25.7. The van der Waals surface area contributed by atoms with Gasteiger partial charge in [-0.25, -0.2) is 4.79 Å². The number of carbonyl (C=O) groups is 2. The largest absolute Gasteiger partial charge is 0.497 e. The van der Waals surface area contributed by atoms with Crippen LogP contribution in [0, 0.1) is 5.92 Å². The maximum absolute atomic E-state index is 12.5. The molecule has 0 aliphatic carbocycles. The van der Waals surface area contributed by atoms with Crippen LogP contribution in [0.25, 0.3) is 5.65 Å². The normalized spacial score (nSPS) is 14.7. The van der Waals surface area contributed by atoms with E-state index in [0.717, 1.165) is 43.4 Å². The number of amides is 1. The summed E-state index contributed by atoms with van der Waals surface area (Å²) in [5.41, 5.74) is 1.77. The number of aryl methyl sites for hydroxylation is 1. The molecule has 11 nitrogen and oxygen atoms in total. The number of esters is 1. The zero-order valence-electron chi connectivity index (χ0n) is 21.2. The molecule has 0 saturated carbocycles. The van der Waals surface area contributed by atoms with Crippen LogP contribution in [0.1, 0.15) is 26.1 Å². The number of benzene rings is 1. The number of hydrogen-bond acceptors (Lipinski definition) is 9. The van der Waals surface area contributed by atoms with Crippen molar-refractivity contribution in [2.75, 3.05) is 50.2 Å². The number of hydrogen-bond donors (Lipinski definition) is 1. The minimum atomic E-state index is -0.682. The van der Waals surface area contributed by atoms with E-state index in [1.165, 1.54) is 7.11 Å². The molecule has 1 amide bonds. The first kappa shape index (κ1) is 25.2. The molecule has 1 saturated heterocycles. The summed E-state index contributed by atoms with van der Waals surface area (Å²) in [7, 11) is 2.99. The number of rotatable bonds is 9. The van der Waals surface area contributed by atoms with Crippen molar-refractivity contribution in [3.8, 4) is 5.75 Å². The van der Waals surface area contributed by atoms with Gasteiger partial charge in [0.15, 0.2) is 11.5 Å². The third-order valence-corrected chi connectivity index (χ3v) is 6.35. The van der Waals surface area contributed by atoms with Crippen molar-refractivity contribution in [1.29, 1.82) is 0 Å². The minimum Gasteiger partial charge on any atom is -0.497 e. The lowest BCUT2D eigenvalue weighted by Crippen LogP contribution is -2.47. The predicted molar refractivity (Wildman–Crippen MR) is 135 cm³/mol. The zero-order valence-corrected chi connectivity index (χ0v) is 21.2. The summed E-state index contributed by atoms with van der Waals surface area (Å²) in [6, 6.07) is 11.2. The molecule has 1 N–H and O–H groups in total. The molecular formula is C25H33N7O4. The van der Waals surface area contributed by atoms with Crippen molar-refractivity contribution in [2.45, 2.75) is 32.7 Å². The van der Waals surface area contributed by atoms with Gasteiger partial charge in [0.25, 0.3) is 0 Å². The van der Waals surface area contributed by atoms with Crippen LogP contribution in [0.15, 0.2) is 36.4 Å². The molecule has 3 heterocycles. The van der Waals surface area contributed by atoms with Crippen molar-refractivity contribution >= 4 is 29.0 Å². The molecule has 1 aromatic carbocycles.